The molecule has 0 heterocycles. The summed E-state index contributed by atoms with van der Waals surface area (Å²) in [7, 11) is -3.83. The van der Waals surface area contributed by atoms with Crippen LogP contribution in [0.1, 0.15) is 22.7 Å². The van der Waals surface area contributed by atoms with Crippen LogP contribution in [0.2, 0.25) is 0 Å². The van der Waals surface area contributed by atoms with E-state index >= 15 is 0 Å². The van der Waals surface area contributed by atoms with E-state index < -0.39 is 21.1 Å². The number of nitrogens with one attached hydrogen (secondary N) is 1. The molecule has 3 rings (SSSR count). The van der Waals surface area contributed by atoms with Crippen molar-refractivity contribution < 1.29 is 8.42 Å². The first-order valence-electron chi connectivity index (χ1n) is 8.48. The van der Waals surface area contributed by atoms with Crippen molar-refractivity contribution in [2.45, 2.75) is 22.9 Å². The van der Waals surface area contributed by atoms with Crippen molar-refractivity contribution in [3.8, 4) is 0 Å². The van der Waals surface area contributed by atoms with Gasteiger partial charge >= 0.3 is 0 Å². The lowest BCUT2D eigenvalue weighted by Gasteiger charge is -2.33. The van der Waals surface area contributed by atoms with Crippen molar-refractivity contribution in [1.82, 2.24) is 4.72 Å². The van der Waals surface area contributed by atoms with Crippen molar-refractivity contribution in [2.75, 3.05) is 0 Å². The van der Waals surface area contributed by atoms with Crippen molar-refractivity contribution in [2.24, 2.45) is 5.73 Å². The molecular weight excluding hydrogens is 380 g/mol. The van der Waals surface area contributed by atoms with E-state index in [0.717, 1.165) is 5.56 Å². The van der Waals surface area contributed by atoms with E-state index in [1.807, 2.05) is 43.3 Å². The van der Waals surface area contributed by atoms with Gasteiger partial charge in [0.15, 0.2) is 0 Å². The Balaban J connectivity index is 2.05. The predicted molar refractivity (Wildman–Crippen MR) is 109 cm³/mol. The van der Waals surface area contributed by atoms with Gasteiger partial charge in [0.25, 0.3) is 0 Å². The van der Waals surface area contributed by atoms with E-state index in [1.165, 1.54) is 0 Å². The van der Waals surface area contributed by atoms with Crippen molar-refractivity contribution in [3.63, 3.8) is 0 Å². The van der Waals surface area contributed by atoms with Crippen molar-refractivity contribution >= 4 is 21.6 Å². The monoisotopic (exact) mass is 400 g/mol. The molecule has 0 radical (unpaired) electrons. The SMILES string of the molecule is Cc1ccc(S(=O)(=O)N[C@@H](c2ccccc2)[C@](N)(Cl)c2ccccc2)cc1. The minimum absolute atomic E-state index is 0.162. The van der Waals surface area contributed by atoms with Gasteiger partial charge in [0, 0.05) is 0 Å². The van der Waals surface area contributed by atoms with Crippen LogP contribution < -0.4 is 10.5 Å². The van der Waals surface area contributed by atoms with Gasteiger partial charge < -0.3 is 5.73 Å². The number of hydrogen-bond donors (Lipinski definition) is 2. The van der Waals surface area contributed by atoms with Crippen LogP contribution in [0.25, 0.3) is 0 Å². The van der Waals surface area contributed by atoms with E-state index in [0.29, 0.717) is 11.1 Å². The quantitative estimate of drug-likeness (QED) is 0.484. The second-order valence-corrected chi connectivity index (χ2v) is 8.75. The number of nitrogens with two attached hydrogens (primary N) is 1. The van der Waals surface area contributed by atoms with Crippen LogP contribution in [0, 0.1) is 6.92 Å². The van der Waals surface area contributed by atoms with Gasteiger partial charge in [-0.25, -0.2) is 13.1 Å². The Labute approximate surface area is 165 Å². The zero-order valence-corrected chi connectivity index (χ0v) is 16.4. The highest BCUT2D eigenvalue weighted by Gasteiger charge is 2.38. The molecule has 0 bridgehead atoms. The van der Waals surface area contributed by atoms with Crippen LogP contribution >= 0.6 is 11.6 Å². The van der Waals surface area contributed by atoms with Gasteiger partial charge in [0.05, 0.1) is 10.9 Å². The normalized spacial score (nSPS) is 15.1. The summed E-state index contributed by atoms with van der Waals surface area (Å²) < 4.78 is 28.7. The molecule has 0 spiro atoms. The van der Waals surface area contributed by atoms with E-state index in [-0.39, 0.29) is 4.90 Å². The summed E-state index contributed by atoms with van der Waals surface area (Å²) in [5, 5.41) is 0. The van der Waals surface area contributed by atoms with E-state index in [2.05, 4.69) is 4.72 Å². The predicted octanol–water partition coefficient (Wildman–Crippen LogP) is 4.07. The number of aryl methyl sites for hydroxylation is 1. The number of rotatable bonds is 6. The van der Waals surface area contributed by atoms with Gasteiger partial charge in [-0.15, -0.1) is 0 Å². The van der Waals surface area contributed by atoms with Gasteiger partial charge in [-0.1, -0.05) is 90.0 Å². The average Bonchev–Trinajstić information content (AvgIpc) is 2.68. The lowest BCUT2D eigenvalue weighted by atomic mass is 9.94. The minimum Gasteiger partial charge on any atom is -0.307 e. The van der Waals surface area contributed by atoms with Crippen LogP contribution in [0.3, 0.4) is 0 Å². The number of alkyl halides is 1. The molecule has 140 valence electrons. The van der Waals surface area contributed by atoms with E-state index in [1.54, 1.807) is 48.5 Å². The molecule has 3 N–H and O–H groups in total. The summed E-state index contributed by atoms with van der Waals surface area (Å²) in [6.07, 6.45) is 0. The highest BCUT2D eigenvalue weighted by Crippen LogP contribution is 2.37. The topological polar surface area (TPSA) is 72.2 Å². The van der Waals surface area contributed by atoms with Crippen LogP contribution in [0.4, 0.5) is 0 Å². The fourth-order valence-electron chi connectivity index (χ4n) is 2.84. The minimum atomic E-state index is -3.83. The van der Waals surface area contributed by atoms with Crippen LogP contribution in [-0.4, -0.2) is 8.42 Å². The fraction of sp³-hybridized carbons (Fsp3) is 0.143. The fourth-order valence-corrected chi connectivity index (χ4v) is 4.48. The molecular formula is C21H21ClN2O2S. The zero-order valence-electron chi connectivity index (χ0n) is 14.8. The average molecular weight is 401 g/mol. The second kappa shape index (κ2) is 7.82. The van der Waals surface area contributed by atoms with Crippen molar-refractivity contribution in [3.05, 3.63) is 102 Å². The van der Waals surface area contributed by atoms with Crippen LogP contribution in [0.5, 0.6) is 0 Å². The molecule has 0 aromatic heterocycles. The molecule has 0 aliphatic heterocycles. The van der Waals surface area contributed by atoms with Crippen molar-refractivity contribution in [1.29, 1.82) is 0 Å². The van der Waals surface area contributed by atoms with Gasteiger partial charge in [-0.3, -0.25) is 0 Å². The molecule has 0 saturated carbocycles. The Morgan fingerprint density at radius 1 is 0.889 bits per heavy atom. The summed E-state index contributed by atoms with van der Waals surface area (Å²) in [6.45, 7) is 1.90. The first-order chi connectivity index (χ1) is 12.8. The maximum atomic E-state index is 13.0. The third kappa shape index (κ3) is 4.39. The summed E-state index contributed by atoms with van der Waals surface area (Å²) >= 11 is 6.73. The molecule has 0 unspecified atom stereocenters. The van der Waals surface area contributed by atoms with E-state index in [4.69, 9.17) is 17.3 Å². The Kier molecular flexibility index (Phi) is 5.67. The molecule has 3 aromatic carbocycles. The lowest BCUT2D eigenvalue weighted by Crippen LogP contribution is -2.46. The summed E-state index contributed by atoms with van der Waals surface area (Å²) in [5.74, 6) is 0. The molecule has 0 saturated heterocycles. The summed E-state index contributed by atoms with van der Waals surface area (Å²) in [4.78, 5) is -1.31. The van der Waals surface area contributed by atoms with Crippen LogP contribution in [0.15, 0.2) is 89.8 Å². The number of hydrogen-bond acceptors (Lipinski definition) is 3. The van der Waals surface area contributed by atoms with Gasteiger partial charge in [-0.2, -0.15) is 0 Å². The molecule has 4 nitrogen and oxygen atoms in total. The molecule has 0 aliphatic carbocycles. The maximum absolute atomic E-state index is 13.0. The van der Waals surface area contributed by atoms with Gasteiger partial charge in [-0.05, 0) is 30.2 Å². The Hall–Kier alpha value is -2.18. The van der Waals surface area contributed by atoms with Crippen LogP contribution in [-0.2, 0) is 15.0 Å². The highest BCUT2D eigenvalue weighted by molar-refractivity contribution is 7.89. The molecule has 0 fully saturated rings. The molecule has 6 heteroatoms. The second-order valence-electron chi connectivity index (χ2n) is 6.41. The number of benzene rings is 3. The number of halogens is 1. The van der Waals surface area contributed by atoms with Gasteiger partial charge in [0.2, 0.25) is 10.0 Å². The zero-order chi connectivity index (χ0) is 19.5. The highest BCUT2D eigenvalue weighted by atomic mass is 35.5. The van der Waals surface area contributed by atoms with E-state index in [9.17, 15) is 8.42 Å². The lowest BCUT2D eigenvalue weighted by molar-refractivity contribution is 0.460. The Morgan fingerprint density at radius 3 is 1.96 bits per heavy atom. The molecule has 0 aliphatic rings. The molecule has 3 aromatic rings. The standard InChI is InChI=1S/C21H21ClN2O2S/c1-16-12-14-19(15-13-16)27(25,26)24-20(17-8-4-2-5-9-17)21(22,23)18-10-6-3-7-11-18/h2-15,20,24H,23H2,1H3/t20-,21-/m0/s1. The first-order valence-corrected chi connectivity index (χ1v) is 10.3. The number of sulfonamides is 1. The third-order valence-electron chi connectivity index (χ3n) is 4.37. The largest absolute Gasteiger partial charge is 0.307 e. The maximum Gasteiger partial charge on any atom is 0.241 e. The Morgan fingerprint density at radius 2 is 1.41 bits per heavy atom. The molecule has 27 heavy (non-hydrogen) atoms. The summed E-state index contributed by atoms with van der Waals surface area (Å²) in [5.41, 5.74) is 8.73. The molecule has 2 atom stereocenters. The third-order valence-corrected chi connectivity index (χ3v) is 6.25. The van der Waals surface area contributed by atoms with Gasteiger partial charge in [0.1, 0.15) is 5.00 Å². The smallest absolute Gasteiger partial charge is 0.241 e. The summed E-state index contributed by atoms with van der Waals surface area (Å²) in [6, 6.07) is 23.9. The first kappa shape index (κ1) is 19.6. The molecule has 0 amide bonds. The Bertz CT molecular complexity index is 989.